The average molecular weight is 445 g/mol. The highest BCUT2D eigenvalue weighted by Crippen LogP contribution is 2.30. The van der Waals surface area contributed by atoms with Crippen molar-refractivity contribution in [1.82, 2.24) is 25.5 Å². The van der Waals surface area contributed by atoms with Crippen molar-refractivity contribution in [2.45, 2.75) is 13.0 Å². The summed E-state index contributed by atoms with van der Waals surface area (Å²) in [6.07, 6.45) is 4.72. The van der Waals surface area contributed by atoms with E-state index in [1.54, 1.807) is 6.07 Å². The zero-order chi connectivity index (χ0) is 21.7. The summed E-state index contributed by atoms with van der Waals surface area (Å²) in [6.45, 7) is 2.20. The number of fused-ring (bicyclic) bond motifs is 2. The van der Waals surface area contributed by atoms with Gasteiger partial charge in [-0.1, -0.05) is 17.7 Å². The molecule has 0 radical (unpaired) electrons. The number of aromatic amines is 1. The fourth-order valence-electron chi connectivity index (χ4n) is 4.30. The van der Waals surface area contributed by atoms with Crippen LogP contribution in [0.5, 0.6) is 0 Å². The third-order valence-corrected chi connectivity index (χ3v) is 6.11. The van der Waals surface area contributed by atoms with E-state index >= 15 is 0 Å². The zero-order valence-electron chi connectivity index (χ0n) is 17.0. The van der Waals surface area contributed by atoms with Gasteiger partial charge in [0.15, 0.2) is 0 Å². The van der Waals surface area contributed by atoms with Crippen LogP contribution in [0.4, 0.5) is 4.39 Å². The summed E-state index contributed by atoms with van der Waals surface area (Å²) in [6, 6.07) is 10.3. The molecule has 8 heteroatoms. The minimum Gasteiger partial charge on any atom is -0.312 e. The van der Waals surface area contributed by atoms with Gasteiger partial charge in [-0.15, -0.1) is 0 Å². The van der Waals surface area contributed by atoms with Crippen LogP contribution in [0.25, 0.3) is 27.9 Å². The summed E-state index contributed by atoms with van der Waals surface area (Å²) in [5.74, 6) is -0.359. The quantitative estimate of drug-likeness (QED) is 0.492. The molecule has 2 aliphatic rings. The van der Waals surface area contributed by atoms with E-state index in [-0.39, 0.29) is 5.82 Å². The second kappa shape index (κ2) is 7.62. The minimum absolute atomic E-state index is 0.359. The first kappa shape index (κ1) is 19.3. The molecule has 3 aromatic heterocycles. The van der Waals surface area contributed by atoms with Gasteiger partial charge in [0.25, 0.3) is 0 Å². The van der Waals surface area contributed by atoms with Gasteiger partial charge in [0.2, 0.25) is 0 Å². The van der Waals surface area contributed by atoms with Gasteiger partial charge >= 0.3 is 0 Å². The van der Waals surface area contributed by atoms with Crippen molar-refractivity contribution in [3.63, 3.8) is 0 Å². The van der Waals surface area contributed by atoms with Gasteiger partial charge in [-0.2, -0.15) is 5.10 Å². The second-order valence-electron chi connectivity index (χ2n) is 7.85. The third kappa shape index (κ3) is 3.21. The van der Waals surface area contributed by atoms with Crippen molar-refractivity contribution < 1.29 is 4.39 Å². The van der Waals surface area contributed by atoms with Crippen LogP contribution in [0.2, 0.25) is 5.02 Å². The topological polar surface area (TPSA) is 78.8 Å². The fourth-order valence-corrected chi connectivity index (χ4v) is 4.47. The van der Waals surface area contributed by atoms with Crippen LogP contribution in [0, 0.1) is 5.82 Å². The van der Waals surface area contributed by atoms with E-state index in [0.29, 0.717) is 22.8 Å². The lowest BCUT2D eigenvalue weighted by molar-refractivity contribution is 0.625. The number of nitrogens with one attached hydrogen (secondary N) is 2. The molecule has 0 unspecified atom stereocenters. The van der Waals surface area contributed by atoms with E-state index in [1.807, 2.05) is 30.5 Å². The van der Waals surface area contributed by atoms with Crippen molar-refractivity contribution in [3.05, 3.63) is 82.0 Å². The molecule has 5 heterocycles. The van der Waals surface area contributed by atoms with Gasteiger partial charge in [-0.25, -0.2) is 9.37 Å². The minimum atomic E-state index is -0.359. The summed E-state index contributed by atoms with van der Waals surface area (Å²) in [4.78, 5) is 13.9. The van der Waals surface area contributed by atoms with Gasteiger partial charge in [-0.3, -0.25) is 15.1 Å². The van der Waals surface area contributed by atoms with Crippen molar-refractivity contribution in [2.24, 2.45) is 4.99 Å². The lowest BCUT2D eigenvalue weighted by atomic mass is 9.99. The van der Waals surface area contributed by atoms with E-state index in [9.17, 15) is 4.39 Å². The molecular formula is C24H18ClFN6. The number of allylic oxidation sites excluding steroid dienone is 1. The van der Waals surface area contributed by atoms with E-state index in [0.717, 1.165) is 53.1 Å². The number of rotatable bonds is 3. The molecule has 4 aromatic rings. The Kier molecular flexibility index (Phi) is 4.59. The number of aromatic nitrogens is 4. The molecule has 0 aliphatic carbocycles. The molecule has 0 spiro atoms. The van der Waals surface area contributed by atoms with E-state index in [4.69, 9.17) is 16.6 Å². The van der Waals surface area contributed by atoms with Crippen LogP contribution in [0.3, 0.4) is 0 Å². The number of halogens is 2. The fraction of sp³-hybridized carbons (Fsp3) is 0.167. The Morgan fingerprint density at radius 3 is 2.94 bits per heavy atom. The molecule has 1 aromatic carbocycles. The Labute approximate surface area is 188 Å². The molecule has 158 valence electrons. The normalized spacial score (nSPS) is 15.6. The molecule has 0 bridgehead atoms. The summed E-state index contributed by atoms with van der Waals surface area (Å²) >= 11 is 6.11. The maximum Gasteiger partial charge on any atom is 0.132 e. The molecule has 0 atom stereocenters. The largest absolute Gasteiger partial charge is 0.312 e. The van der Waals surface area contributed by atoms with Crippen molar-refractivity contribution in [1.29, 1.82) is 0 Å². The number of aliphatic imine (C=N–C) groups is 1. The highest BCUT2D eigenvalue weighted by atomic mass is 35.5. The Morgan fingerprint density at radius 2 is 2.00 bits per heavy atom. The number of hydrogen-bond donors (Lipinski definition) is 2. The SMILES string of the molecule is Fc1ccc(Cl)cc1C1=NCC=C1c1ccc2ncc(-c3n[nH]c4c3CNCC4)cc2n1. The maximum absolute atomic E-state index is 14.5. The number of hydrogen-bond acceptors (Lipinski definition) is 5. The molecular weight excluding hydrogens is 427 g/mol. The first-order valence-electron chi connectivity index (χ1n) is 10.4. The lowest BCUT2D eigenvalue weighted by Gasteiger charge is -2.13. The van der Waals surface area contributed by atoms with Gasteiger partial charge in [-0.05, 0) is 36.4 Å². The first-order valence-corrected chi connectivity index (χ1v) is 10.8. The monoisotopic (exact) mass is 444 g/mol. The Hall–Kier alpha value is -3.42. The number of benzene rings is 1. The average Bonchev–Trinajstić information content (AvgIpc) is 3.47. The highest BCUT2D eigenvalue weighted by molar-refractivity contribution is 6.35. The molecule has 0 amide bonds. The predicted molar refractivity (Wildman–Crippen MR) is 123 cm³/mol. The summed E-state index contributed by atoms with van der Waals surface area (Å²) in [5.41, 5.74) is 8.15. The molecule has 32 heavy (non-hydrogen) atoms. The zero-order valence-corrected chi connectivity index (χ0v) is 17.7. The summed E-state index contributed by atoms with van der Waals surface area (Å²) in [5, 5.41) is 11.5. The predicted octanol–water partition coefficient (Wildman–Crippen LogP) is 4.34. The smallest absolute Gasteiger partial charge is 0.132 e. The molecule has 2 aliphatic heterocycles. The van der Waals surface area contributed by atoms with Gasteiger partial charge in [0, 0.05) is 58.7 Å². The van der Waals surface area contributed by atoms with E-state index < -0.39 is 0 Å². The Morgan fingerprint density at radius 1 is 1.06 bits per heavy atom. The molecule has 0 saturated heterocycles. The van der Waals surface area contributed by atoms with Gasteiger partial charge in [0.1, 0.15) is 5.82 Å². The summed E-state index contributed by atoms with van der Waals surface area (Å²) in [7, 11) is 0. The van der Waals surface area contributed by atoms with Crippen molar-refractivity contribution >= 4 is 33.9 Å². The number of H-pyrrole nitrogens is 1. The first-order chi connectivity index (χ1) is 15.7. The van der Waals surface area contributed by atoms with Crippen LogP contribution >= 0.6 is 11.6 Å². The van der Waals surface area contributed by atoms with Crippen molar-refractivity contribution in [2.75, 3.05) is 13.1 Å². The highest BCUT2D eigenvalue weighted by Gasteiger charge is 2.22. The molecule has 6 rings (SSSR count). The van der Waals surface area contributed by atoms with Gasteiger partial charge in [0.05, 0.1) is 34.7 Å². The standard InChI is InChI=1S/C24H18ClFN6/c25-14-1-2-18(26)16(10-14)24-15(5-8-28-24)19-3-4-21-22(30-19)9-13(11-29-21)23-17-12-27-7-6-20(17)31-32-23/h1-5,9-11,27H,6-8,12H2,(H,31,32). The Balaban J connectivity index is 1.41. The second-order valence-corrected chi connectivity index (χ2v) is 8.28. The van der Waals surface area contributed by atoms with Crippen molar-refractivity contribution in [3.8, 4) is 11.3 Å². The summed E-state index contributed by atoms with van der Waals surface area (Å²) < 4.78 is 14.5. The molecule has 0 fully saturated rings. The Bertz CT molecular complexity index is 1440. The molecule has 0 saturated carbocycles. The molecule has 6 nitrogen and oxygen atoms in total. The van der Waals surface area contributed by atoms with Gasteiger partial charge < -0.3 is 5.32 Å². The number of pyridine rings is 2. The maximum atomic E-state index is 14.5. The number of nitrogens with zero attached hydrogens (tertiary/aromatic N) is 4. The van der Waals surface area contributed by atoms with Crippen LogP contribution in [0.15, 0.2) is 53.7 Å². The van der Waals surface area contributed by atoms with Crippen LogP contribution < -0.4 is 5.32 Å². The van der Waals surface area contributed by atoms with E-state index in [1.165, 1.54) is 23.4 Å². The molecule has 2 N–H and O–H groups in total. The lowest BCUT2D eigenvalue weighted by Crippen LogP contribution is -2.23. The van der Waals surface area contributed by atoms with Crippen LogP contribution in [0.1, 0.15) is 22.5 Å². The third-order valence-electron chi connectivity index (χ3n) is 5.88. The van der Waals surface area contributed by atoms with Crippen LogP contribution in [-0.4, -0.2) is 39.0 Å². The van der Waals surface area contributed by atoms with E-state index in [2.05, 4.69) is 25.5 Å². The van der Waals surface area contributed by atoms with Crippen LogP contribution in [-0.2, 0) is 13.0 Å².